The number of ketones is 3. The molecule has 6 nitrogen and oxygen atoms in total. The first-order valence-corrected chi connectivity index (χ1v) is 7.72. The second kappa shape index (κ2) is 4.62. The molecule has 1 aromatic rings. The summed E-state index contributed by atoms with van der Waals surface area (Å²) in [7, 11) is 0. The van der Waals surface area contributed by atoms with Crippen LogP contribution in [-0.2, 0) is 4.79 Å². The number of fused-ring (bicyclic) bond motifs is 3. The van der Waals surface area contributed by atoms with Crippen molar-refractivity contribution in [1.82, 2.24) is 0 Å². The van der Waals surface area contributed by atoms with Crippen molar-refractivity contribution in [2.24, 2.45) is 0 Å². The Morgan fingerprint density at radius 1 is 1.08 bits per heavy atom. The molecule has 3 N–H and O–H groups in total. The van der Waals surface area contributed by atoms with Crippen LogP contribution in [0.25, 0.3) is 0 Å². The molecule has 3 aliphatic rings. The first kappa shape index (κ1) is 15.7. The van der Waals surface area contributed by atoms with E-state index in [1.54, 1.807) is 0 Å². The number of Topliss-reactive ketones (excluding diaryl/α,β-unsaturated/α-hetero) is 2. The van der Waals surface area contributed by atoms with Crippen molar-refractivity contribution in [3.05, 3.63) is 64.3 Å². The van der Waals surface area contributed by atoms with E-state index in [0.717, 1.165) is 0 Å². The average molecular weight is 338 g/mol. The fourth-order valence-corrected chi connectivity index (χ4v) is 3.91. The van der Waals surface area contributed by atoms with Gasteiger partial charge in [0.05, 0.1) is 5.56 Å². The van der Waals surface area contributed by atoms with E-state index < -0.39 is 35.0 Å². The van der Waals surface area contributed by atoms with E-state index in [9.17, 15) is 29.7 Å². The van der Waals surface area contributed by atoms with Gasteiger partial charge >= 0.3 is 0 Å². The molecule has 126 valence electrons. The zero-order chi connectivity index (χ0) is 18.1. The monoisotopic (exact) mass is 338 g/mol. The number of phenolic OH excluding ortho intramolecular Hbond substituents is 1. The highest BCUT2D eigenvalue weighted by Crippen LogP contribution is 2.49. The SMILES string of the molecule is CC1=CC(=O)C[C@@]2(O)C3=C(C=C[C@@]12O)C(=O)c1c(O)cccc1C3=O. The van der Waals surface area contributed by atoms with Crippen LogP contribution < -0.4 is 0 Å². The van der Waals surface area contributed by atoms with Crippen molar-refractivity contribution in [2.45, 2.75) is 24.5 Å². The summed E-state index contributed by atoms with van der Waals surface area (Å²) in [4.78, 5) is 37.8. The number of phenols is 1. The summed E-state index contributed by atoms with van der Waals surface area (Å²) in [6.07, 6.45) is 3.20. The third-order valence-electron chi connectivity index (χ3n) is 5.20. The molecule has 0 amide bonds. The lowest BCUT2D eigenvalue weighted by atomic mass is 9.60. The predicted molar refractivity (Wildman–Crippen MR) is 86.2 cm³/mol. The van der Waals surface area contributed by atoms with Gasteiger partial charge < -0.3 is 15.3 Å². The van der Waals surface area contributed by atoms with E-state index in [1.165, 1.54) is 43.4 Å². The summed E-state index contributed by atoms with van der Waals surface area (Å²) in [6, 6.07) is 4.08. The highest BCUT2D eigenvalue weighted by atomic mass is 16.4. The molecule has 0 heterocycles. The summed E-state index contributed by atoms with van der Waals surface area (Å²) in [6.45, 7) is 1.48. The van der Waals surface area contributed by atoms with Crippen LogP contribution in [0.5, 0.6) is 5.75 Å². The van der Waals surface area contributed by atoms with Gasteiger partial charge in [0, 0.05) is 23.1 Å². The van der Waals surface area contributed by atoms with E-state index in [2.05, 4.69) is 0 Å². The number of hydrogen-bond acceptors (Lipinski definition) is 6. The van der Waals surface area contributed by atoms with Crippen molar-refractivity contribution in [1.29, 1.82) is 0 Å². The van der Waals surface area contributed by atoms with Crippen molar-refractivity contribution >= 4 is 17.3 Å². The molecule has 1 aromatic carbocycles. The molecule has 0 fully saturated rings. The molecule has 3 aliphatic carbocycles. The zero-order valence-electron chi connectivity index (χ0n) is 13.2. The molecule has 0 unspecified atom stereocenters. The number of aliphatic hydroxyl groups is 2. The molecule has 2 atom stereocenters. The molecule has 0 aliphatic heterocycles. The number of aromatic hydroxyl groups is 1. The average Bonchev–Trinajstić information content (AvgIpc) is 2.53. The van der Waals surface area contributed by atoms with Gasteiger partial charge in [-0.1, -0.05) is 18.2 Å². The maximum absolute atomic E-state index is 13.0. The minimum Gasteiger partial charge on any atom is -0.507 e. The molecule has 0 spiro atoms. The fourth-order valence-electron chi connectivity index (χ4n) is 3.91. The third kappa shape index (κ3) is 1.72. The number of benzene rings is 1. The molecule has 0 radical (unpaired) electrons. The Morgan fingerprint density at radius 3 is 2.52 bits per heavy atom. The lowest BCUT2D eigenvalue weighted by Gasteiger charge is -2.48. The Labute approximate surface area is 142 Å². The van der Waals surface area contributed by atoms with Crippen LogP contribution in [-0.4, -0.2) is 43.9 Å². The van der Waals surface area contributed by atoms with E-state index in [1.807, 2.05) is 0 Å². The van der Waals surface area contributed by atoms with Crippen LogP contribution in [0.3, 0.4) is 0 Å². The molecular weight excluding hydrogens is 324 g/mol. The fraction of sp³-hybridized carbons (Fsp3) is 0.211. The van der Waals surface area contributed by atoms with Gasteiger partial charge in [0.15, 0.2) is 17.3 Å². The largest absolute Gasteiger partial charge is 0.507 e. The zero-order valence-corrected chi connectivity index (χ0v) is 13.2. The van der Waals surface area contributed by atoms with Crippen LogP contribution >= 0.6 is 0 Å². The molecule has 0 aromatic heterocycles. The number of carbonyl (C=O) groups is 3. The topological polar surface area (TPSA) is 112 Å². The van der Waals surface area contributed by atoms with E-state index in [-0.39, 0.29) is 33.6 Å². The van der Waals surface area contributed by atoms with Gasteiger partial charge in [-0.3, -0.25) is 14.4 Å². The maximum atomic E-state index is 13.0. The smallest absolute Gasteiger partial charge is 0.198 e. The maximum Gasteiger partial charge on any atom is 0.198 e. The second-order valence-electron chi connectivity index (χ2n) is 6.58. The standard InChI is InChI=1S/C19H14O6/c1-9-7-10(20)8-19(25)15-12(5-6-18(9,19)24)16(22)14-11(17(15)23)3-2-4-13(14)21/h2-7,21,24-25H,8H2,1H3/t18-,19-/m1/s1. The van der Waals surface area contributed by atoms with Crippen molar-refractivity contribution < 1.29 is 29.7 Å². The lowest BCUT2D eigenvalue weighted by molar-refractivity contribution is -0.130. The first-order chi connectivity index (χ1) is 11.7. The Morgan fingerprint density at radius 2 is 1.80 bits per heavy atom. The molecular formula is C19H14O6. The van der Waals surface area contributed by atoms with E-state index in [4.69, 9.17) is 0 Å². The van der Waals surface area contributed by atoms with Gasteiger partial charge in [0.2, 0.25) is 0 Å². The summed E-state index contributed by atoms with van der Waals surface area (Å²) in [5.41, 5.74) is -4.62. The summed E-state index contributed by atoms with van der Waals surface area (Å²) < 4.78 is 0. The van der Waals surface area contributed by atoms with Gasteiger partial charge in [-0.15, -0.1) is 0 Å². The van der Waals surface area contributed by atoms with Crippen LogP contribution in [0, 0.1) is 0 Å². The number of rotatable bonds is 0. The Hall–Kier alpha value is -2.83. The van der Waals surface area contributed by atoms with E-state index in [0.29, 0.717) is 0 Å². The predicted octanol–water partition coefficient (Wildman–Crippen LogP) is 1.02. The van der Waals surface area contributed by atoms with Gasteiger partial charge in [-0.25, -0.2) is 0 Å². The number of carbonyl (C=O) groups excluding carboxylic acids is 3. The van der Waals surface area contributed by atoms with Crippen LogP contribution in [0.2, 0.25) is 0 Å². The second-order valence-corrected chi connectivity index (χ2v) is 6.58. The Balaban J connectivity index is 2.03. The molecule has 25 heavy (non-hydrogen) atoms. The molecule has 4 rings (SSSR count). The number of hydrogen-bond donors (Lipinski definition) is 3. The van der Waals surface area contributed by atoms with E-state index >= 15 is 0 Å². The van der Waals surface area contributed by atoms with Crippen molar-refractivity contribution in [3.63, 3.8) is 0 Å². The summed E-state index contributed by atoms with van der Waals surface area (Å²) in [5.74, 6) is -2.10. The number of allylic oxidation sites excluding steroid dienone is 3. The van der Waals surface area contributed by atoms with Gasteiger partial charge in [0.1, 0.15) is 17.0 Å². The lowest BCUT2D eigenvalue weighted by Crippen LogP contribution is -2.61. The van der Waals surface area contributed by atoms with Crippen LogP contribution in [0.4, 0.5) is 0 Å². The Bertz CT molecular complexity index is 980. The minimum absolute atomic E-state index is 0.0607. The molecule has 6 heteroatoms. The quantitative estimate of drug-likeness (QED) is 0.651. The van der Waals surface area contributed by atoms with Crippen molar-refractivity contribution in [2.75, 3.05) is 0 Å². The van der Waals surface area contributed by atoms with Gasteiger partial charge in [0.25, 0.3) is 0 Å². The van der Waals surface area contributed by atoms with Crippen molar-refractivity contribution in [3.8, 4) is 5.75 Å². The highest BCUT2D eigenvalue weighted by Gasteiger charge is 2.60. The molecule has 0 bridgehead atoms. The van der Waals surface area contributed by atoms with Crippen LogP contribution in [0.1, 0.15) is 34.1 Å². The van der Waals surface area contributed by atoms with Crippen LogP contribution in [0.15, 0.2) is 53.1 Å². The highest BCUT2D eigenvalue weighted by molar-refractivity contribution is 6.30. The Kier molecular flexibility index (Phi) is 2.90. The third-order valence-corrected chi connectivity index (χ3v) is 5.20. The normalized spacial score (nSPS) is 30.7. The summed E-state index contributed by atoms with van der Waals surface area (Å²) in [5, 5.41) is 32.2. The van der Waals surface area contributed by atoms with Gasteiger partial charge in [-0.05, 0) is 30.7 Å². The molecule has 0 saturated heterocycles. The summed E-state index contributed by atoms with van der Waals surface area (Å²) >= 11 is 0. The minimum atomic E-state index is -2.23. The first-order valence-electron chi connectivity index (χ1n) is 7.72. The van der Waals surface area contributed by atoms with Gasteiger partial charge in [-0.2, -0.15) is 0 Å². The molecule has 0 saturated carbocycles.